The van der Waals surface area contributed by atoms with Crippen molar-refractivity contribution in [3.63, 3.8) is 0 Å². The summed E-state index contributed by atoms with van der Waals surface area (Å²) in [7, 11) is -3.68. The van der Waals surface area contributed by atoms with Crippen LogP contribution in [-0.4, -0.2) is 25.8 Å². The molecule has 3 nitrogen and oxygen atoms in total. The van der Waals surface area contributed by atoms with Crippen LogP contribution in [0.4, 0.5) is 4.39 Å². The smallest absolute Gasteiger partial charge is 0.207 e. The summed E-state index contributed by atoms with van der Waals surface area (Å²) in [6.45, 7) is 1.08. The number of rotatable bonds is 2. The van der Waals surface area contributed by atoms with Crippen LogP contribution in [0.5, 0.6) is 0 Å². The van der Waals surface area contributed by atoms with Gasteiger partial charge in [-0.15, -0.1) is 0 Å². The number of fused-ring (bicyclic) bond motifs is 1. The summed E-state index contributed by atoms with van der Waals surface area (Å²) in [4.78, 5) is -0.186. The standard InChI is InChI=1S/C15H20FNO2S/c16-14-7-3-4-8-15(14)20(18,19)17-10-9-12-5-1-2-6-13(12)11-17/h3-4,7-8,12-13H,1-2,5-6,9-11H2/t12-,13-/m1/s1. The van der Waals surface area contributed by atoms with E-state index < -0.39 is 15.8 Å². The van der Waals surface area contributed by atoms with Crippen molar-refractivity contribution in [3.8, 4) is 0 Å². The van der Waals surface area contributed by atoms with E-state index in [1.54, 1.807) is 6.07 Å². The molecule has 0 radical (unpaired) electrons. The lowest BCUT2D eigenvalue weighted by Crippen LogP contribution is -2.44. The van der Waals surface area contributed by atoms with Gasteiger partial charge in [-0.05, 0) is 36.8 Å². The van der Waals surface area contributed by atoms with Crippen molar-refractivity contribution in [2.75, 3.05) is 13.1 Å². The molecule has 3 rings (SSSR count). The van der Waals surface area contributed by atoms with Gasteiger partial charge in [0.25, 0.3) is 0 Å². The zero-order valence-electron chi connectivity index (χ0n) is 11.5. The van der Waals surface area contributed by atoms with Gasteiger partial charge in [-0.1, -0.05) is 31.4 Å². The van der Waals surface area contributed by atoms with Gasteiger partial charge in [0.1, 0.15) is 10.7 Å². The highest BCUT2D eigenvalue weighted by atomic mass is 32.2. The molecule has 0 aromatic heterocycles. The normalized spacial score (nSPS) is 28.1. The maximum absolute atomic E-state index is 13.8. The fourth-order valence-electron chi connectivity index (χ4n) is 3.58. The van der Waals surface area contributed by atoms with E-state index in [0.717, 1.165) is 12.8 Å². The largest absolute Gasteiger partial charge is 0.245 e. The molecular formula is C15H20FNO2S. The van der Waals surface area contributed by atoms with Gasteiger partial charge in [-0.25, -0.2) is 12.8 Å². The van der Waals surface area contributed by atoms with Crippen LogP contribution in [0.3, 0.4) is 0 Å². The monoisotopic (exact) mass is 297 g/mol. The molecule has 1 aliphatic heterocycles. The Morgan fingerprint density at radius 3 is 2.50 bits per heavy atom. The molecular weight excluding hydrogens is 277 g/mol. The Hall–Kier alpha value is -0.940. The summed E-state index contributed by atoms with van der Waals surface area (Å²) in [6.07, 6.45) is 5.69. The lowest BCUT2D eigenvalue weighted by atomic mass is 9.76. The summed E-state index contributed by atoms with van der Waals surface area (Å²) in [5.74, 6) is 0.466. The number of hydrogen-bond donors (Lipinski definition) is 0. The first-order valence-corrected chi connectivity index (χ1v) is 8.78. The number of nitrogens with zero attached hydrogens (tertiary/aromatic N) is 1. The van der Waals surface area contributed by atoms with Crippen molar-refractivity contribution >= 4 is 10.0 Å². The first-order chi connectivity index (χ1) is 9.59. The molecule has 20 heavy (non-hydrogen) atoms. The van der Waals surface area contributed by atoms with E-state index in [4.69, 9.17) is 0 Å². The fourth-order valence-corrected chi connectivity index (χ4v) is 5.16. The second-order valence-corrected chi connectivity index (χ2v) is 7.79. The average Bonchev–Trinajstić information content (AvgIpc) is 2.47. The van der Waals surface area contributed by atoms with Gasteiger partial charge in [-0.2, -0.15) is 4.31 Å². The van der Waals surface area contributed by atoms with Gasteiger partial charge >= 0.3 is 0 Å². The topological polar surface area (TPSA) is 37.4 Å². The summed E-state index contributed by atoms with van der Waals surface area (Å²) in [6, 6.07) is 5.66. The Kier molecular flexibility index (Phi) is 3.82. The maximum Gasteiger partial charge on any atom is 0.245 e. The molecule has 0 spiro atoms. The average molecular weight is 297 g/mol. The van der Waals surface area contributed by atoms with E-state index >= 15 is 0 Å². The SMILES string of the molecule is O=S(=O)(c1ccccc1F)N1CC[C@H]2CCCC[C@@H]2C1. The van der Waals surface area contributed by atoms with Crippen molar-refractivity contribution in [2.24, 2.45) is 11.8 Å². The van der Waals surface area contributed by atoms with Gasteiger partial charge in [0, 0.05) is 13.1 Å². The van der Waals surface area contributed by atoms with Gasteiger partial charge in [0.15, 0.2) is 0 Å². The quantitative estimate of drug-likeness (QED) is 0.841. The molecule has 0 amide bonds. The van der Waals surface area contributed by atoms with Crippen LogP contribution < -0.4 is 0 Å². The Morgan fingerprint density at radius 2 is 1.75 bits per heavy atom. The third kappa shape index (κ3) is 2.49. The zero-order valence-corrected chi connectivity index (χ0v) is 12.3. The first kappa shape index (κ1) is 14.0. The van der Waals surface area contributed by atoms with Gasteiger partial charge < -0.3 is 0 Å². The molecule has 1 saturated heterocycles. The Bertz CT molecular complexity index is 587. The molecule has 0 bridgehead atoms. The van der Waals surface area contributed by atoms with Gasteiger partial charge in [-0.3, -0.25) is 0 Å². The van der Waals surface area contributed by atoms with Crippen LogP contribution in [0.25, 0.3) is 0 Å². The fraction of sp³-hybridized carbons (Fsp3) is 0.600. The molecule has 1 heterocycles. The van der Waals surface area contributed by atoms with Crippen LogP contribution in [0, 0.1) is 17.7 Å². The summed E-state index contributed by atoms with van der Waals surface area (Å²) < 4.78 is 40.4. The Labute approximate surface area is 119 Å². The second-order valence-electron chi connectivity index (χ2n) is 5.89. The van der Waals surface area contributed by atoms with E-state index in [-0.39, 0.29) is 4.90 Å². The second kappa shape index (κ2) is 5.45. The van der Waals surface area contributed by atoms with Crippen LogP contribution >= 0.6 is 0 Å². The highest BCUT2D eigenvalue weighted by Gasteiger charge is 2.37. The van der Waals surface area contributed by atoms with Crippen molar-refractivity contribution < 1.29 is 12.8 Å². The van der Waals surface area contributed by atoms with Crippen molar-refractivity contribution in [3.05, 3.63) is 30.1 Å². The Balaban J connectivity index is 1.84. The minimum absolute atomic E-state index is 0.186. The predicted octanol–water partition coefficient (Wildman–Crippen LogP) is 3.03. The summed E-state index contributed by atoms with van der Waals surface area (Å²) in [5, 5.41) is 0. The highest BCUT2D eigenvalue weighted by Crippen LogP contribution is 2.37. The molecule has 5 heteroatoms. The maximum atomic E-state index is 13.8. The third-order valence-electron chi connectivity index (χ3n) is 4.71. The third-order valence-corrected chi connectivity index (χ3v) is 6.61. The zero-order chi connectivity index (χ0) is 14.2. The number of hydrogen-bond acceptors (Lipinski definition) is 2. The molecule has 1 saturated carbocycles. The van der Waals surface area contributed by atoms with Crippen molar-refractivity contribution in [2.45, 2.75) is 37.0 Å². The van der Waals surface area contributed by atoms with E-state index in [2.05, 4.69) is 0 Å². The van der Waals surface area contributed by atoms with E-state index in [0.29, 0.717) is 24.9 Å². The number of sulfonamides is 1. The van der Waals surface area contributed by atoms with Crippen LogP contribution in [-0.2, 0) is 10.0 Å². The van der Waals surface area contributed by atoms with Crippen LogP contribution in [0.2, 0.25) is 0 Å². The molecule has 110 valence electrons. The van der Waals surface area contributed by atoms with Gasteiger partial charge in [0.2, 0.25) is 10.0 Å². The lowest BCUT2D eigenvalue weighted by molar-refractivity contribution is 0.136. The summed E-state index contributed by atoms with van der Waals surface area (Å²) >= 11 is 0. The lowest BCUT2D eigenvalue weighted by Gasteiger charge is -2.40. The van der Waals surface area contributed by atoms with Gasteiger partial charge in [0.05, 0.1) is 0 Å². The van der Waals surface area contributed by atoms with E-state index in [1.807, 2.05) is 0 Å². The number of halogens is 1. The molecule has 0 unspecified atom stereocenters. The molecule has 0 N–H and O–H groups in total. The highest BCUT2D eigenvalue weighted by molar-refractivity contribution is 7.89. The molecule has 1 aliphatic carbocycles. The van der Waals surface area contributed by atoms with Crippen molar-refractivity contribution in [1.29, 1.82) is 0 Å². The van der Waals surface area contributed by atoms with E-state index in [9.17, 15) is 12.8 Å². The Morgan fingerprint density at radius 1 is 1.05 bits per heavy atom. The minimum Gasteiger partial charge on any atom is -0.207 e. The van der Waals surface area contributed by atoms with Crippen LogP contribution in [0.1, 0.15) is 32.1 Å². The molecule has 2 aliphatic rings. The van der Waals surface area contributed by atoms with Crippen molar-refractivity contribution in [1.82, 2.24) is 4.31 Å². The first-order valence-electron chi connectivity index (χ1n) is 7.34. The molecule has 1 aromatic rings. The molecule has 2 atom stereocenters. The van der Waals surface area contributed by atoms with E-state index in [1.165, 1.54) is 41.8 Å². The predicted molar refractivity (Wildman–Crippen MR) is 75.2 cm³/mol. The number of benzene rings is 1. The molecule has 2 fully saturated rings. The number of piperidine rings is 1. The van der Waals surface area contributed by atoms with Crippen LogP contribution in [0.15, 0.2) is 29.2 Å². The molecule has 1 aromatic carbocycles. The summed E-state index contributed by atoms with van der Waals surface area (Å²) in [5.41, 5.74) is 0. The minimum atomic E-state index is -3.68.